The summed E-state index contributed by atoms with van der Waals surface area (Å²) in [7, 11) is 0. The van der Waals surface area contributed by atoms with Gasteiger partial charge in [-0.2, -0.15) is 5.10 Å². The molecule has 1 amide bonds. The van der Waals surface area contributed by atoms with Gasteiger partial charge in [0.05, 0.1) is 12.2 Å². The Balaban J connectivity index is 1.43. The average Bonchev–Trinajstić information content (AvgIpc) is 3.14. The topological polar surface area (TPSA) is 76.2 Å². The lowest BCUT2D eigenvalue weighted by Crippen LogP contribution is -2.28. The van der Waals surface area contributed by atoms with E-state index in [2.05, 4.69) is 15.5 Å². The van der Waals surface area contributed by atoms with Gasteiger partial charge in [-0.15, -0.1) is 0 Å². The van der Waals surface area contributed by atoms with Crippen molar-refractivity contribution in [3.8, 4) is 11.5 Å². The summed E-state index contributed by atoms with van der Waals surface area (Å²) in [4.78, 5) is 12.0. The van der Waals surface area contributed by atoms with Gasteiger partial charge in [-0.25, -0.2) is 4.39 Å². The number of H-pyrrole nitrogens is 1. The second kappa shape index (κ2) is 8.66. The highest BCUT2D eigenvalue weighted by Gasteiger charge is 2.11. The molecule has 7 heteroatoms. The molecular weight excluding hydrogens is 337 g/mol. The minimum Gasteiger partial charge on any atom is -0.492 e. The first-order valence-corrected chi connectivity index (χ1v) is 8.10. The van der Waals surface area contributed by atoms with Gasteiger partial charge in [0.1, 0.15) is 24.7 Å². The van der Waals surface area contributed by atoms with Crippen molar-refractivity contribution in [2.75, 3.05) is 13.2 Å². The summed E-state index contributed by atoms with van der Waals surface area (Å²) >= 11 is 0. The van der Waals surface area contributed by atoms with Gasteiger partial charge in [-0.1, -0.05) is 30.3 Å². The molecule has 3 rings (SSSR count). The lowest BCUT2D eigenvalue weighted by Gasteiger charge is -2.06. The van der Waals surface area contributed by atoms with E-state index in [-0.39, 0.29) is 24.0 Å². The SMILES string of the molecule is O=C(NCCOc1ccccc1)c1cc(COc2ccccc2F)[nH]n1. The summed E-state index contributed by atoms with van der Waals surface area (Å²) in [6.45, 7) is 0.781. The van der Waals surface area contributed by atoms with Gasteiger partial charge >= 0.3 is 0 Å². The number of aromatic nitrogens is 2. The van der Waals surface area contributed by atoms with Crippen LogP contribution >= 0.6 is 0 Å². The van der Waals surface area contributed by atoms with E-state index < -0.39 is 5.82 Å². The fourth-order valence-corrected chi connectivity index (χ4v) is 2.21. The fourth-order valence-electron chi connectivity index (χ4n) is 2.21. The van der Waals surface area contributed by atoms with Gasteiger partial charge < -0.3 is 14.8 Å². The summed E-state index contributed by atoms with van der Waals surface area (Å²) in [6.07, 6.45) is 0. The van der Waals surface area contributed by atoms with E-state index in [1.54, 1.807) is 18.2 Å². The Labute approximate surface area is 150 Å². The fraction of sp³-hybridized carbons (Fsp3) is 0.158. The largest absolute Gasteiger partial charge is 0.492 e. The molecule has 26 heavy (non-hydrogen) atoms. The molecule has 0 aliphatic rings. The number of amides is 1. The Morgan fingerprint density at radius 2 is 1.85 bits per heavy atom. The van der Waals surface area contributed by atoms with Crippen molar-refractivity contribution < 1.29 is 18.7 Å². The number of hydrogen-bond acceptors (Lipinski definition) is 4. The minimum atomic E-state index is -0.441. The predicted octanol–water partition coefficient (Wildman–Crippen LogP) is 2.94. The normalized spacial score (nSPS) is 10.3. The summed E-state index contributed by atoms with van der Waals surface area (Å²) in [5, 5.41) is 9.36. The summed E-state index contributed by atoms with van der Waals surface area (Å²) in [5.41, 5.74) is 0.802. The molecule has 0 unspecified atom stereocenters. The van der Waals surface area contributed by atoms with E-state index in [4.69, 9.17) is 9.47 Å². The Hall–Kier alpha value is -3.35. The molecule has 0 aliphatic heterocycles. The van der Waals surface area contributed by atoms with Crippen LogP contribution < -0.4 is 14.8 Å². The number of carbonyl (C=O) groups is 1. The van der Waals surface area contributed by atoms with Crippen molar-refractivity contribution in [2.45, 2.75) is 6.61 Å². The molecule has 3 aromatic rings. The van der Waals surface area contributed by atoms with Crippen LogP contribution in [0.15, 0.2) is 60.7 Å². The average molecular weight is 355 g/mol. The highest BCUT2D eigenvalue weighted by Crippen LogP contribution is 2.16. The molecule has 0 spiro atoms. The maximum Gasteiger partial charge on any atom is 0.271 e. The van der Waals surface area contributed by atoms with Gasteiger partial charge in [0.25, 0.3) is 5.91 Å². The number of para-hydroxylation sites is 2. The number of aromatic amines is 1. The Morgan fingerprint density at radius 1 is 1.08 bits per heavy atom. The molecule has 0 fully saturated rings. The van der Waals surface area contributed by atoms with Crippen LogP contribution in [0, 0.1) is 5.82 Å². The van der Waals surface area contributed by atoms with Crippen LogP contribution in [-0.4, -0.2) is 29.3 Å². The van der Waals surface area contributed by atoms with E-state index in [1.165, 1.54) is 12.1 Å². The molecular formula is C19H18FN3O3. The maximum absolute atomic E-state index is 13.5. The number of rotatable bonds is 8. The van der Waals surface area contributed by atoms with Crippen molar-refractivity contribution >= 4 is 5.91 Å². The third-order valence-corrected chi connectivity index (χ3v) is 3.48. The van der Waals surface area contributed by atoms with E-state index in [1.807, 2.05) is 30.3 Å². The van der Waals surface area contributed by atoms with Crippen LogP contribution in [0.2, 0.25) is 0 Å². The maximum atomic E-state index is 13.5. The summed E-state index contributed by atoms with van der Waals surface area (Å²) in [5.74, 6) is 0.124. The van der Waals surface area contributed by atoms with Gasteiger partial charge in [0.2, 0.25) is 0 Å². The van der Waals surface area contributed by atoms with Crippen molar-refractivity contribution in [3.63, 3.8) is 0 Å². The molecule has 0 radical (unpaired) electrons. The summed E-state index contributed by atoms with van der Waals surface area (Å²) in [6, 6.07) is 17.0. The number of nitrogens with one attached hydrogen (secondary N) is 2. The molecule has 0 aliphatic carbocycles. The van der Waals surface area contributed by atoms with E-state index in [0.29, 0.717) is 18.8 Å². The third kappa shape index (κ3) is 4.83. The van der Waals surface area contributed by atoms with Crippen LogP contribution in [0.4, 0.5) is 4.39 Å². The lowest BCUT2D eigenvalue weighted by molar-refractivity contribution is 0.0942. The van der Waals surface area contributed by atoms with Crippen LogP contribution in [0.3, 0.4) is 0 Å². The standard InChI is InChI=1S/C19H18FN3O3/c20-16-8-4-5-9-18(16)26-13-14-12-17(23-22-14)19(24)21-10-11-25-15-6-2-1-3-7-15/h1-9,12H,10-11,13H2,(H,21,24)(H,22,23). The molecule has 0 saturated carbocycles. The van der Waals surface area contributed by atoms with Gasteiger partial charge in [0, 0.05) is 0 Å². The highest BCUT2D eigenvalue weighted by atomic mass is 19.1. The molecule has 0 bridgehead atoms. The number of benzene rings is 2. The number of halogens is 1. The Morgan fingerprint density at radius 3 is 2.65 bits per heavy atom. The molecule has 6 nitrogen and oxygen atoms in total. The van der Waals surface area contributed by atoms with E-state index in [0.717, 1.165) is 5.75 Å². The first-order chi connectivity index (χ1) is 12.7. The number of ether oxygens (including phenoxy) is 2. The second-order valence-electron chi connectivity index (χ2n) is 5.41. The van der Waals surface area contributed by atoms with E-state index in [9.17, 15) is 9.18 Å². The molecule has 0 saturated heterocycles. The predicted molar refractivity (Wildman–Crippen MR) is 93.6 cm³/mol. The minimum absolute atomic E-state index is 0.0817. The second-order valence-corrected chi connectivity index (χ2v) is 5.41. The Bertz CT molecular complexity index is 852. The molecule has 2 aromatic carbocycles. The highest BCUT2D eigenvalue weighted by molar-refractivity contribution is 5.92. The molecule has 1 aromatic heterocycles. The van der Waals surface area contributed by atoms with Crippen LogP contribution in [0.1, 0.15) is 16.2 Å². The first kappa shape index (κ1) is 17.5. The number of hydrogen-bond donors (Lipinski definition) is 2. The van der Waals surface area contributed by atoms with Crippen molar-refractivity contribution in [1.29, 1.82) is 0 Å². The smallest absolute Gasteiger partial charge is 0.271 e. The van der Waals surface area contributed by atoms with Gasteiger partial charge in [0.15, 0.2) is 11.6 Å². The Kier molecular flexibility index (Phi) is 5.82. The molecule has 2 N–H and O–H groups in total. The van der Waals surface area contributed by atoms with Crippen molar-refractivity contribution in [2.24, 2.45) is 0 Å². The molecule has 1 heterocycles. The summed E-state index contributed by atoms with van der Waals surface area (Å²) < 4.78 is 24.4. The number of nitrogens with zero attached hydrogens (tertiary/aromatic N) is 1. The molecule has 134 valence electrons. The van der Waals surface area contributed by atoms with Crippen molar-refractivity contribution in [3.05, 3.63) is 77.9 Å². The first-order valence-electron chi connectivity index (χ1n) is 8.10. The van der Waals surface area contributed by atoms with Crippen molar-refractivity contribution in [1.82, 2.24) is 15.5 Å². The third-order valence-electron chi connectivity index (χ3n) is 3.48. The van der Waals surface area contributed by atoms with Crippen LogP contribution in [0.5, 0.6) is 11.5 Å². The zero-order valence-electron chi connectivity index (χ0n) is 13.9. The van der Waals surface area contributed by atoms with Crippen LogP contribution in [-0.2, 0) is 6.61 Å². The lowest BCUT2D eigenvalue weighted by atomic mass is 10.3. The van der Waals surface area contributed by atoms with Crippen LogP contribution in [0.25, 0.3) is 0 Å². The zero-order valence-corrected chi connectivity index (χ0v) is 13.9. The van der Waals surface area contributed by atoms with Gasteiger partial charge in [-0.3, -0.25) is 9.89 Å². The zero-order chi connectivity index (χ0) is 18.2. The van der Waals surface area contributed by atoms with E-state index >= 15 is 0 Å². The molecule has 0 atom stereocenters. The quantitative estimate of drug-likeness (QED) is 0.609. The number of carbonyl (C=O) groups excluding carboxylic acids is 1. The monoisotopic (exact) mass is 355 g/mol. The van der Waals surface area contributed by atoms with Gasteiger partial charge in [-0.05, 0) is 30.3 Å².